The van der Waals surface area contributed by atoms with E-state index in [2.05, 4.69) is 18.3 Å². The number of nitrogens with one attached hydrogen (secondary N) is 2. The molecule has 4 nitrogen and oxygen atoms in total. The van der Waals surface area contributed by atoms with Gasteiger partial charge in [-0.2, -0.15) is 5.26 Å². The van der Waals surface area contributed by atoms with Gasteiger partial charge in [0.1, 0.15) is 17.6 Å². The Labute approximate surface area is 173 Å². The maximum Gasteiger partial charge on any atom is 0.280 e. The lowest BCUT2D eigenvalue weighted by atomic mass is 9.89. The monoisotopic (exact) mass is 422 g/mol. The number of anilines is 1. The van der Waals surface area contributed by atoms with E-state index in [0.717, 1.165) is 35.3 Å². The zero-order valence-corrected chi connectivity index (χ0v) is 17.7. The Morgan fingerprint density at radius 1 is 1.44 bits per heavy atom. The van der Waals surface area contributed by atoms with Crippen LogP contribution in [0.5, 0.6) is 0 Å². The molecule has 142 valence electrons. The molecule has 0 saturated heterocycles. The lowest BCUT2D eigenvalue weighted by Gasteiger charge is -2.17. The first kappa shape index (κ1) is 20.2. The van der Waals surface area contributed by atoms with E-state index < -0.39 is 0 Å². The molecule has 27 heavy (non-hydrogen) atoms. The van der Waals surface area contributed by atoms with E-state index >= 15 is 0 Å². The van der Waals surface area contributed by atoms with Gasteiger partial charge in [0.15, 0.2) is 6.54 Å². The molecule has 7 heteroatoms. The minimum atomic E-state index is -0.103. The average Bonchev–Trinajstić information content (AvgIpc) is 2.94. The number of hydrogen-bond acceptors (Lipinski definition) is 3. The van der Waals surface area contributed by atoms with Crippen molar-refractivity contribution in [2.45, 2.75) is 32.7 Å². The second-order valence-electron chi connectivity index (χ2n) is 7.24. The summed E-state index contributed by atoms with van der Waals surface area (Å²) in [6, 6.07) is 7.80. The highest BCUT2D eigenvalue weighted by molar-refractivity contribution is 7.16. The average molecular weight is 423 g/mol. The van der Waals surface area contributed by atoms with Gasteiger partial charge in [0, 0.05) is 10.4 Å². The van der Waals surface area contributed by atoms with Gasteiger partial charge in [-0.25, -0.2) is 0 Å². The molecule has 0 bridgehead atoms. The maximum absolute atomic E-state index is 12.5. The molecule has 0 spiro atoms. The molecule has 0 radical (unpaired) electrons. The number of carbonyl (C=O) groups is 1. The van der Waals surface area contributed by atoms with Gasteiger partial charge >= 0.3 is 0 Å². The first-order chi connectivity index (χ1) is 12.9. The molecule has 2 atom stereocenters. The van der Waals surface area contributed by atoms with E-state index in [9.17, 15) is 10.1 Å². The van der Waals surface area contributed by atoms with Crippen LogP contribution in [-0.4, -0.2) is 19.5 Å². The molecular weight excluding hydrogens is 401 g/mol. The van der Waals surface area contributed by atoms with E-state index in [-0.39, 0.29) is 12.5 Å². The first-order valence-corrected chi connectivity index (χ1v) is 10.5. The smallest absolute Gasteiger partial charge is 0.280 e. The van der Waals surface area contributed by atoms with Crippen LogP contribution < -0.4 is 10.2 Å². The van der Waals surface area contributed by atoms with Crippen LogP contribution >= 0.6 is 34.5 Å². The second kappa shape index (κ2) is 8.62. The van der Waals surface area contributed by atoms with Crippen LogP contribution in [0.25, 0.3) is 0 Å². The molecule has 1 aromatic heterocycles. The Balaban J connectivity index is 1.66. The SMILES string of the molecule is C[C@H]1CCc2c(sc(NC(=O)C[NH+](C)Cc3cccc(Cl)c3Cl)c2C#N)C1. The van der Waals surface area contributed by atoms with Gasteiger partial charge in [-0.1, -0.05) is 42.3 Å². The Morgan fingerprint density at radius 3 is 2.96 bits per heavy atom. The van der Waals surface area contributed by atoms with Crippen molar-refractivity contribution < 1.29 is 9.69 Å². The Kier molecular flexibility index (Phi) is 6.44. The summed E-state index contributed by atoms with van der Waals surface area (Å²) in [5, 5.41) is 14.2. The van der Waals surface area contributed by atoms with Crippen LogP contribution in [-0.2, 0) is 24.2 Å². The second-order valence-corrected chi connectivity index (χ2v) is 9.13. The van der Waals surface area contributed by atoms with Crippen molar-refractivity contribution in [1.29, 1.82) is 5.26 Å². The van der Waals surface area contributed by atoms with Gasteiger partial charge in [-0.3, -0.25) is 4.79 Å². The number of halogens is 2. The van der Waals surface area contributed by atoms with Crippen LogP contribution in [0.15, 0.2) is 18.2 Å². The third-order valence-corrected chi connectivity index (χ3v) is 6.89. The number of quaternary nitrogens is 1. The predicted molar refractivity (Wildman–Crippen MR) is 111 cm³/mol. The lowest BCUT2D eigenvalue weighted by molar-refractivity contribution is -0.885. The first-order valence-electron chi connectivity index (χ1n) is 8.97. The molecule has 2 N–H and O–H groups in total. The number of nitriles is 1. The zero-order chi connectivity index (χ0) is 19.6. The van der Waals surface area contributed by atoms with Gasteiger partial charge in [0.2, 0.25) is 0 Å². The van der Waals surface area contributed by atoms with Gasteiger partial charge < -0.3 is 10.2 Å². The molecule has 1 unspecified atom stereocenters. The minimum absolute atomic E-state index is 0.103. The van der Waals surface area contributed by atoms with Crippen molar-refractivity contribution >= 4 is 45.4 Å². The highest BCUT2D eigenvalue weighted by atomic mass is 35.5. The Hall–Kier alpha value is -1.58. The fourth-order valence-corrected chi connectivity index (χ4v) is 5.24. The fraction of sp³-hybridized carbons (Fsp3) is 0.400. The number of nitrogens with zero attached hydrogens (tertiary/aromatic N) is 1. The molecule has 0 saturated carbocycles. The van der Waals surface area contributed by atoms with E-state index in [1.165, 1.54) is 4.88 Å². The summed E-state index contributed by atoms with van der Waals surface area (Å²) >= 11 is 13.8. The maximum atomic E-state index is 12.5. The summed E-state index contributed by atoms with van der Waals surface area (Å²) in [5.74, 6) is 0.526. The Bertz CT molecular complexity index is 903. The van der Waals surface area contributed by atoms with Gasteiger partial charge in [-0.05, 0) is 36.8 Å². The van der Waals surface area contributed by atoms with E-state index in [0.29, 0.717) is 33.1 Å². The number of thiophene rings is 1. The van der Waals surface area contributed by atoms with Crippen LogP contribution in [0.4, 0.5) is 5.00 Å². The number of amides is 1. The minimum Gasteiger partial charge on any atom is -0.326 e. The molecule has 1 aliphatic rings. The fourth-order valence-electron chi connectivity index (χ4n) is 3.47. The van der Waals surface area contributed by atoms with Crippen LogP contribution in [0.2, 0.25) is 10.0 Å². The van der Waals surface area contributed by atoms with Crippen LogP contribution in [0.1, 0.15) is 34.9 Å². The summed E-state index contributed by atoms with van der Waals surface area (Å²) < 4.78 is 0. The van der Waals surface area contributed by atoms with Crippen LogP contribution in [0.3, 0.4) is 0 Å². The topological polar surface area (TPSA) is 57.3 Å². The summed E-state index contributed by atoms with van der Waals surface area (Å²) in [6.45, 7) is 3.11. The molecule has 0 aliphatic heterocycles. The molecule has 1 amide bonds. The number of carbonyl (C=O) groups excluding carboxylic acids is 1. The van der Waals surface area contributed by atoms with Gasteiger partial charge in [0.25, 0.3) is 5.91 Å². The van der Waals surface area contributed by atoms with Crippen molar-refractivity contribution in [2.24, 2.45) is 5.92 Å². The highest BCUT2D eigenvalue weighted by Crippen LogP contribution is 2.39. The molecule has 1 aromatic carbocycles. The van der Waals surface area contributed by atoms with E-state index in [1.54, 1.807) is 17.4 Å². The normalized spacial score (nSPS) is 17.1. The molecule has 1 aliphatic carbocycles. The lowest BCUT2D eigenvalue weighted by Crippen LogP contribution is -3.08. The summed E-state index contributed by atoms with van der Waals surface area (Å²) in [6.07, 6.45) is 3.01. The zero-order valence-electron chi connectivity index (χ0n) is 15.4. The number of rotatable bonds is 5. The van der Waals surface area contributed by atoms with Gasteiger partial charge in [-0.15, -0.1) is 11.3 Å². The Morgan fingerprint density at radius 2 is 2.22 bits per heavy atom. The van der Waals surface area contributed by atoms with Crippen molar-refractivity contribution in [3.05, 3.63) is 49.8 Å². The number of benzene rings is 1. The van der Waals surface area contributed by atoms with Crippen molar-refractivity contribution in [1.82, 2.24) is 0 Å². The van der Waals surface area contributed by atoms with E-state index in [1.807, 2.05) is 19.2 Å². The third-order valence-electron chi connectivity index (χ3n) is 4.86. The number of hydrogen-bond donors (Lipinski definition) is 2. The number of likely N-dealkylation sites (N-methyl/N-ethyl adjacent to an activating group) is 1. The summed E-state index contributed by atoms with van der Waals surface area (Å²) in [7, 11) is 1.93. The molecule has 0 fully saturated rings. The largest absolute Gasteiger partial charge is 0.326 e. The third kappa shape index (κ3) is 4.64. The molecular formula is C20H22Cl2N3OS+. The molecule has 2 aromatic rings. The number of fused-ring (bicyclic) bond motifs is 1. The molecule has 3 rings (SSSR count). The summed E-state index contributed by atoms with van der Waals surface area (Å²) in [4.78, 5) is 14.7. The predicted octanol–water partition coefficient (Wildman–Crippen LogP) is 3.70. The quantitative estimate of drug-likeness (QED) is 0.771. The highest BCUT2D eigenvalue weighted by Gasteiger charge is 2.25. The van der Waals surface area contributed by atoms with Gasteiger partial charge in [0.05, 0.1) is 22.7 Å². The summed E-state index contributed by atoms with van der Waals surface area (Å²) in [5.41, 5.74) is 2.68. The van der Waals surface area contributed by atoms with Crippen molar-refractivity contribution in [3.8, 4) is 6.07 Å². The standard InChI is InChI=1S/C20H21Cl2N3OS/c1-12-6-7-14-15(9-23)20(27-17(14)8-12)24-18(26)11-25(2)10-13-4-3-5-16(21)19(13)22/h3-5,12H,6-8,10-11H2,1-2H3,(H,24,26)/p+1/t12-/m0/s1. The van der Waals surface area contributed by atoms with Crippen LogP contribution in [0, 0.1) is 17.2 Å². The van der Waals surface area contributed by atoms with Crippen molar-refractivity contribution in [3.63, 3.8) is 0 Å². The molecule has 1 heterocycles. The van der Waals surface area contributed by atoms with Crippen molar-refractivity contribution in [2.75, 3.05) is 18.9 Å². The van der Waals surface area contributed by atoms with E-state index in [4.69, 9.17) is 23.2 Å².